The van der Waals surface area contributed by atoms with Crippen LogP contribution in [0.2, 0.25) is 0 Å². The van der Waals surface area contributed by atoms with Crippen molar-refractivity contribution in [1.29, 1.82) is 0 Å². The fourth-order valence-corrected chi connectivity index (χ4v) is 5.32. The van der Waals surface area contributed by atoms with E-state index in [1.54, 1.807) is 22.9 Å². The van der Waals surface area contributed by atoms with Crippen molar-refractivity contribution >= 4 is 21.4 Å². The maximum atomic E-state index is 12.6. The van der Waals surface area contributed by atoms with E-state index in [0.717, 1.165) is 32.1 Å². The van der Waals surface area contributed by atoms with Gasteiger partial charge in [-0.25, -0.2) is 8.42 Å². The Bertz CT molecular complexity index is 470. The first kappa shape index (κ1) is 15.0. The number of nitrogens with zero attached hydrogens (tertiary/aromatic N) is 1. The number of methoxy groups -OCH3 is 1. The van der Waals surface area contributed by atoms with Gasteiger partial charge in [0.15, 0.2) is 0 Å². The second-order valence-electron chi connectivity index (χ2n) is 4.86. The van der Waals surface area contributed by atoms with Gasteiger partial charge in [-0.2, -0.15) is 15.6 Å². The lowest BCUT2D eigenvalue weighted by Gasteiger charge is -2.34. The summed E-state index contributed by atoms with van der Waals surface area (Å²) >= 11 is 1.43. The van der Waals surface area contributed by atoms with Gasteiger partial charge in [-0.15, -0.1) is 0 Å². The molecule has 0 amide bonds. The SMILES string of the molecule is COCCC[C@H]1CCCCN1S(=O)(=O)c1ccsc1. The lowest BCUT2D eigenvalue weighted by Crippen LogP contribution is -2.43. The Morgan fingerprint density at radius 1 is 1.47 bits per heavy atom. The van der Waals surface area contributed by atoms with Crippen molar-refractivity contribution in [2.75, 3.05) is 20.3 Å². The number of ether oxygens (including phenoxy) is 1. The van der Waals surface area contributed by atoms with Crippen LogP contribution in [0, 0.1) is 0 Å². The summed E-state index contributed by atoms with van der Waals surface area (Å²) in [7, 11) is -1.62. The first-order chi connectivity index (χ1) is 9.16. The lowest BCUT2D eigenvalue weighted by atomic mass is 10.0. The van der Waals surface area contributed by atoms with Gasteiger partial charge >= 0.3 is 0 Å². The zero-order chi connectivity index (χ0) is 13.7. The smallest absolute Gasteiger partial charge is 0.244 e. The highest BCUT2D eigenvalue weighted by atomic mass is 32.2. The monoisotopic (exact) mass is 303 g/mol. The summed E-state index contributed by atoms with van der Waals surface area (Å²) in [5.41, 5.74) is 0. The van der Waals surface area contributed by atoms with Crippen molar-refractivity contribution in [3.8, 4) is 0 Å². The van der Waals surface area contributed by atoms with Crippen molar-refractivity contribution in [2.45, 2.75) is 43.0 Å². The second-order valence-corrected chi connectivity index (χ2v) is 7.53. The zero-order valence-corrected chi connectivity index (χ0v) is 12.9. The van der Waals surface area contributed by atoms with E-state index in [1.807, 2.05) is 5.38 Å². The van der Waals surface area contributed by atoms with Gasteiger partial charge < -0.3 is 4.74 Å². The number of piperidine rings is 1. The van der Waals surface area contributed by atoms with Crippen LogP contribution >= 0.6 is 11.3 Å². The van der Waals surface area contributed by atoms with Crippen molar-refractivity contribution in [1.82, 2.24) is 4.31 Å². The van der Waals surface area contributed by atoms with Crippen LogP contribution in [0.3, 0.4) is 0 Å². The van der Waals surface area contributed by atoms with Crippen molar-refractivity contribution in [3.05, 3.63) is 16.8 Å². The molecule has 4 nitrogen and oxygen atoms in total. The van der Waals surface area contributed by atoms with E-state index in [-0.39, 0.29) is 6.04 Å². The molecule has 0 aromatic carbocycles. The first-order valence-corrected chi connectivity index (χ1v) is 9.07. The third-order valence-electron chi connectivity index (χ3n) is 3.56. The van der Waals surface area contributed by atoms with Gasteiger partial charge in [-0.3, -0.25) is 0 Å². The molecule has 0 N–H and O–H groups in total. The highest BCUT2D eigenvalue weighted by Gasteiger charge is 2.33. The summed E-state index contributed by atoms with van der Waals surface area (Å²) in [6, 6.07) is 1.83. The van der Waals surface area contributed by atoms with Gasteiger partial charge in [0.25, 0.3) is 0 Å². The molecular weight excluding hydrogens is 282 g/mol. The summed E-state index contributed by atoms with van der Waals surface area (Å²) in [6.07, 6.45) is 4.85. The molecule has 108 valence electrons. The maximum absolute atomic E-state index is 12.6. The third kappa shape index (κ3) is 3.56. The minimum Gasteiger partial charge on any atom is -0.385 e. The molecule has 0 spiro atoms. The highest BCUT2D eigenvalue weighted by Crippen LogP contribution is 2.28. The van der Waals surface area contributed by atoms with Crippen LogP contribution in [0.25, 0.3) is 0 Å². The Kier molecular flexibility index (Phi) is 5.38. The van der Waals surface area contributed by atoms with Gasteiger partial charge in [0.05, 0.1) is 4.90 Å². The van der Waals surface area contributed by atoms with E-state index in [9.17, 15) is 8.42 Å². The van der Waals surface area contributed by atoms with E-state index in [1.165, 1.54) is 11.3 Å². The fraction of sp³-hybridized carbons (Fsp3) is 0.692. The molecule has 1 saturated heterocycles. The molecule has 0 aliphatic carbocycles. The summed E-state index contributed by atoms with van der Waals surface area (Å²) in [5, 5.41) is 3.53. The summed E-state index contributed by atoms with van der Waals surface area (Å²) in [5.74, 6) is 0. The molecule has 0 radical (unpaired) electrons. The lowest BCUT2D eigenvalue weighted by molar-refractivity contribution is 0.172. The van der Waals surface area contributed by atoms with Crippen LogP contribution in [0.4, 0.5) is 0 Å². The van der Waals surface area contributed by atoms with Crippen LogP contribution in [0.15, 0.2) is 21.7 Å². The van der Waals surface area contributed by atoms with Gasteiger partial charge in [0, 0.05) is 31.7 Å². The minimum absolute atomic E-state index is 0.133. The molecule has 1 fully saturated rings. The Labute approximate surface area is 119 Å². The fourth-order valence-electron chi connectivity index (χ4n) is 2.58. The molecule has 1 aliphatic rings. The molecule has 19 heavy (non-hydrogen) atoms. The molecule has 2 rings (SSSR count). The normalized spacial score (nSPS) is 21.6. The maximum Gasteiger partial charge on any atom is 0.244 e. The van der Waals surface area contributed by atoms with E-state index >= 15 is 0 Å². The molecule has 0 saturated carbocycles. The zero-order valence-electron chi connectivity index (χ0n) is 11.2. The predicted molar refractivity (Wildman–Crippen MR) is 77.0 cm³/mol. The molecule has 1 aromatic rings. The van der Waals surface area contributed by atoms with E-state index in [4.69, 9.17) is 4.74 Å². The molecule has 0 unspecified atom stereocenters. The summed E-state index contributed by atoms with van der Waals surface area (Å²) < 4.78 is 31.9. The number of hydrogen-bond donors (Lipinski definition) is 0. The number of rotatable bonds is 6. The quantitative estimate of drug-likeness (QED) is 0.759. The largest absolute Gasteiger partial charge is 0.385 e. The molecule has 0 bridgehead atoms. The minimum atomic E-state index is -3.30. The summed E-state index contributed by atoms with van der Waals surface area (Å²) in [6.45, 7) is 1.35. The summed E-state index contributed by atoms with van der Waals surface area (Å²) in [4.78, 5) is 0.441. The average Bonchev–Trinajstić information content (AvgIpc) is 2.94. The standard InChI is InChI=1S/C13H21NO3S2/c1-17-9-4-6-12-5-2-3-8-14(12)19(15,16)13-7-10-18-11-13/h7,10-12H,2-6,8-9H2,1H3/t12-/m1/s1. The molecule has 1 aliphatic heterocycles. The highest BCUT2D eigenvalue weighted by molar-refractivity contribution is 7.89. The van der Waals surface area contributed by atoms with Crippen LogP contribution in [-0.2, 0) is 14.8 Å². The molecule has 1 atom stereocenters. The van der Waals surface area contributed by atoms with Crippen molar-refractivity contribution in [2.24, 2.45) is 0 Å². The van der Waals surface area contributed by atoms with E-state index in [0.29, 0.717) is 18.0 Å². The Hall–Kier alpha value is -0.430. The van der Waals surface area contributed by atoms with Gasteiger partial charge in [-0.1, -0.05) is 6.42 Å². The van der Waals surface area contributed by atoms with Crippen LogP contribution in [-0.4, -0.2) is 39.0 Å². The first-order valence-electron chi connectivity index (χ1n) is 6.69. The molecule has 1 aromatic heterocycles. The van der Waals surface area contributed by atoms with E-state index < -0.39 is 10.0 Å². The second kappa shape index (κ2) is 6.83. The van der Waals surface area contributed by atoms with Gasteiger partial charge in [-0.05, 0) is 37.1 Å². The van der Waals surface area contributed by atoms with E-state index in [2.05, 4.69) is 0 Å². The Balaban J connectivity index is 2.10. The van der Waals surface area contributed by atoms with Crippen molar-refractivity contribution in [3.63, 3.8) is 0 Å². The number of hydrogen-bond acceptors (Lipinski definition) is 4. The predicted octanol–water partition coefficient (Wildman–Crippen LogP) is 2.72. The average molecular weight is 303 g/mol. The topological polar surface area (TPSA) is 46.6 Å². The molecular formula is C13H21NO3S2. The molecule has 6 heteroatoms. The van der Waals surface area contributed by atoms with Crippen molar-refractivity contribution < 1.29 is 13.2 Å². The third-order valence-corrected chi connectivity index (χ3v) is 6.34. The van der Waals surface area contributed by atoms with Crippen LogP contribution in [0.5, 0.6) is 0 Å². The van der Waals surface area contributed by atoms with Crippen LogP contribution in [0.1, 0.15) is 32.1 Å². The van der Waals surface area contributed by atoms with Gasteiger partial charge in [0.2, 0.25) is 10.0 Å². The molecule has 2 heterocycles. The Morgan fingerprint density at radius 3 is 3.00 bits per heavy atom. The van der Waals surface area contributed by atoms with Gasteiger partial charge in [0.1, 0.15) is 0 Å². The number of thiophene rings is 1. The number of sulfonamides is 1. The van der Waals surface area contributed by atoms with Crippen LogP contribution < -0.4 is 0 Å². The Morgan fingerprint density at radius 2 is 2.32 bits per heavy atom.